The SMILES string of the molecule is CCCCCCCCCCCCCCCCCCOc1ccc(-c2[nH]c(O)c3c2C(=O)N=C3c2ccc(Cl)cc2)cc1. The predicted octanol–water partition coefficient (Wildman–Crippen LogP) is 10.7. The third-order valence-corrected chi connectivity index (χ3v) is 8.42. The number of aromatic hydroxyl groups is 1. The first-order chi connectivity index (χ1) is 20.6. The summed E-state index contributed by atoms with van der Waals surface area (Å²) in [6.45, 7) is 2.98. The number of ether oxygens (including phenoxy) is 1. The molecule has 42 heavy (non-hydrogen) atoms. The van der Waals surface area contributed by atoms with Crippen molar-refractivity contribution in [2.75, 3.05) is 6.61 Å². The molecule has 5 nitrogen and oxygen atoms in total. The Morgan fingerprint density at radius 1 is 0.690 bits per heavy atom. The van der Waals surface area contributed by atoms with Gasteiger partial charge in [-0.3, -0.25) is 4.79 Å². The summed E-state index contributed by atoms with van der Waals surface area (Å²) in [5.41, 5.74) is 3.35. The number of unbranched alkanes of at least 4 members (excludes halogenated alkanes) is 15. The number of hydrogen-bond acceptors (Lipinski definition) is 3. The molecular weight excluding hydrogens is 544 g/mol. The largest absolute Gasteiger partial charge is 0.494 e. The fourth-order valence-corrected chi connectivity index (χ4v) is 5.86. The van der Waals surface area contributed by atoms with Crippen molar-refractivity contribution in [3.05, 3.63) is 70.2 Å². The maximum atomic E-state index is 12.8. The van der Waals surface area contributed by atoms with Crippen LogP contribution in [0, 0.1) is 0 Å². The van der Waals surface area contributed by atoms with Crippen molar-refractivity contribution in [2.45, 2.75) is 110 Å². The maximum absolute atomic E-state index is 12.8. The molecule has 226 valence electrons. The van der Waals surface area contributed by atoms with Crippen molar-refractivity contribution < 1.29 is 14.6 Å². The highest BCUT2D eigenvalue weighted by molar-refractivity contribution is 6.32. The van der Waals surface area contributed by atoms with Crippen LogP contribution in [0.4, 0.5) is 0 Å². The predicted molar refractivity (Wildman–Crippen MR) is 174 cm³/mol. The zero-order valence-corrected chi connectivity index (χ0v) is 26.0. The van der Waals surface area contributed by atoms with Gasteiger partial charge in [-0.2, -0.15) is 0 Å². The quantitative estimate of drug-likeness (QED) is 0.128. The second-order valence-corrected chi connectivity index (χ2v) is 12.0. The van der Waals surface area contributed by atoms with Gasteiger partial charge in [-0.1, -0.05) is 127 Å². The van der Waals surface area contributed by atoms with E-state index in [0.29, 0.717) is 34.2 Å². The number of halogens is 1. The molecule has 2 aromatic carbocycles. The van der Waals surface area contributed by atoms with Gasteiger partial charge in [-0.25, -0.2) is 4.99 Å². The second-order valence-electron chi connectivity index (χ2n) is 11.5. The van der Waals surface area contributed by atoms with Crippen molar-refractivity contribution in [1.29, 1.82) is 0 Å². The zero-order valence-electron chi connectivity index (χ0n) is 25.2. The Kier molecular flexibility index (Phi) is 13.0. The molecule has 1 amide bonds. The topological polar surface area (TPSA) is 74.7 Å². The lowest BCUT2D eigenvalue weighted by atomic mass is 10.0. The summed E-state index contributed by atoms with van der Waals surface area (Å²) >= 11 is 6.00. The number of benzene rings is 2. The average Bonchev–Trinajstić information content (AvgIpc) is 3.53. The van der Waals surface area contributed by atoms with E-state index >= 15 is 0 Å². The van der Waals surface area contributed by atoms with Crippen molar-refractivity contribution in [1.82, 2.24) is 4.98 Å². The van der Waals surface area contributed by atoms with Gasteiger partial charge in [0, 0.05) is 10.6 Å². The first kappa shape index (κ1) is 31.9. The van der Waals surface area contributed by atoms with Crippen molar-refractivity contribution >= 4 is 23.2 Å². The molecule has 2 heterocycles. The van der Waals surface area contributed by atoms with E-state index in [1.165, 1.54) is 96.3 Å². The summed E-state index contributed by atoms with van der Waals surface area (Å²) in [6.07, 6.45) is 21.7. The van der Waals surface area contributed by atoms with E-state index in [2.05, 4.69) is 16.9 Å². The number of aromatic nitrogens is 1. The third-order valence-electron chi connectivity index (χ3n) is 8.17. The monoisotopic (exact) mass is 590 g/mol. The van der Waals surface area contributed by atoms with Gasteiger partial charge >= 0.3 is 0 Å². The molecule has 0 saturated heterocycles. The normalized spacial score (nSPS) is 12.5. The third kappa shape index (κ3) is 9.22. The van der Waals surface area contributed by atoms with Gasteiger partial charge in [-0.05, 0) is 48.4 Å². The molecule has 1 aliphatic heterocycles. The lowest BCUT2D eigenvalue weighted by Gasteiger charge is -2.07. The van der Waals surface area contributed by atoms with Crippen LogP contribution >= 0.6 is 11.6 Å². The Morgan fingerprint density at radius 2 is 1.19 bits per heavy atom. The molecule has 0 saturated carbocycles. The van der Waals surface area contributed by atoms with Crippen LogP contribution in [0.25, 0.3) is 11.3 Å². The summed E-state index contributed by atoms with van der Waals surface area (Å²) < 4.78 is 5.96. The number of fused-ring (bicyclic) bond motifs is 1. The van der Waals surface area contributed by atoms with Gasteiger partial charge in [0.05, 0.1) is 29.1 Å². The second kappa shape index (κ2) is 17.2. The van der Waals surface area contributed by atoms with Crippen LogP contribution in [0.3, 0.4) is 0 Å². The van der Waals surface area contributed by atoms with Gasteiger partial charge in [0.1, 0.15) is 5.75 Å². The molecule has 0 atom stereocenters. The van der Waals surface area contributed by atoms with E-state index in [-0.39, 0.29) is 11.8 Å². The van der Waals surface area contributed by atoms with Gasteiger partial charge < -0.3 is 14.8 Å². The Morgan fingerprint density at radius 3 is 1.74 bits per heavy atom. The number of nitrogens with one attached hydrogen (secondary N) is 1. The Hall–Kier alpha value is -3.05. The summed E-state index contributed by atoms with van der Waals surface area (Å²) in [7, 11) is 0. The standard InChI is InChI=1S/C36H47ClN2O3/c1-2-3-4-5-6-7-8-9-10-11-12-13-14-15-16-17-26-42-30-24-20-28(21-25-30)34-32-31(35(40)39-34)33(38-36(32)41)27-18-22-29(37)23-19-27/h18-25,39-40H,2-17,26H2,1H3. The Balaban J connectivity index is 1.10. The number of H-pyrrole nitrogens is 1. The number of aliphatic imine (C=N–C) groups is 1. The molecule has 6 heteroatoms. The molecule has 0 radical (unpaired) electrons. The number of nitrogens with zero attached hydrogens (tertiary/aromatic N) is 1. The van der Waals surface area contributed by atoms with Gasteiger partial charge in [0.15, 0.2) is 5.88 Å². The van der Waals surface area contributed by atoms with Gasteiger partial charge in [0.2, 0.25) is 0 Å². The summed E-state index contributed by atoms with van der Waals surface area (Å²) in [5, 5.41) is 11.2. The molecule has 2 N–H and O–H groups in total. The molecule has 0 fully saturated rings. The van der Waals surface area contributed by atoms with Gasteiger partial charge in [-0.15, -0.1) is 0 Å². The fraction of sp³-hybridized carbons (Fsp3) is 0.500. The van der Waals surface area contributed by atoms with Crippen molar-refractivity contribution in [3.63, 3.8) is 0 Å². The van der Waals surface area contributed by atoms with Crippen molar-refractivity contribution in [3.8, 4) is 22.9 Å². The minimum Gasteiger partial charge on any atom is -0.494 e. The van der Waals surface area contributed by atoms with E-state index in [4.69, 9.17) is 16.3 Å². The van der Waals surface area contributed by atoms with Crippen LogP contribution in [0.2, 0.25) is 5.02 Å². The first-order valence-electron chi connectivity index (χ1n) is 16.2. The lowest BCUT2D eigenvalue weighted by Crippen LogP contribution is -1.99. The molecule has 0 spiro atoms. The van der Waals surface area contributed by atoms with Crippen LogP contribution in [-0.4, -0.2) is 28.3 Å². The van der Waals surface area contributed by atoms with Crippen LogP contribution in [0.1, 0.15) is 131 Å². The highest BCUT2D eigenvalue weighted by atomic mass is 35.5. The van der Waals surface area contributed by atoms with Gasteiger partial charge in [0.25, 0.3) is 5.91 Å². The fourth-order valence-electron chi connectivity index (χ4n) is 5.74. The summed E-state index contributed by atoms with van der Waals surface area (Å²) in [5.74, 6) is 0.366. The lowest BCUT2D eigenvalue weighted by molar-refractivity contribution is 0.101. The zero-order chi connectivity index (χ0) is 29.6. The van der Waals surface area contributed by atoms with E-state index in [9.17, 15) is 9.90 Å². The van der Waals surface area contributed by atoms with Crippen LogP contribution in [-0.2, 0) is 0 Å². The molecule has 0 bridgehead atoms. The maximum Gasteiger partial charge on any atom is 0.280 e. The molecule has 4 rings (SSSR count). The number of hydrogen-bond donors (Lipinski definition) is 2. The van der Waals surface area contributed by atoms with E-state index in [0.717, 1.165) is 23.3 Å². The minimum absolute atomic E-state index is 0.0663. The smallest absolute Gasteiger partial charge is 0.280 e. The number of rotatable bonds is 20. The first-order valence-corrected chi connectivity index (χ1v) is 16.5. The van der Waals surface area contributed by atoms with E-state index in [1.54, 1.807) is 24.3 Å². The Bertz CT molecular complexity index is 1280. The number of amides is 1. The van der Waals surface area contributed by atoms with Crippen LogP contribution in [0.5, 0.6) is 11.6 Å². The van der Waals surface area contributed by atoms with Crippen LogP contribution < -0.4 is 4.74 Å². The number of carbonyl (C=O) groups is 1. The average molecular weight is 591 g/mol. The molecule has 1 aromatic heterocycles. The van der Waals surface area contributed by atoms with E-state index in [1.807, 2.05) is 24.3 Å². The highest BCUT2D eigenvalue weighted by Gasteiger charge is 2.33. The summed E-state index contributed by atoms with van der Waals surface area (Å²) in [4.78, 5) is 20.0. The summed E-state index contributed by atoms with van der Waals surface area (Å²) in [6, 6.07) is 14.7. The number of carbonyl (C=O) groups excluding carboxylic acids is 1. The Labute approximate surface area is 256 Å². The molecule has 1 aliphatic rings. The molecule has 0 aliphatic carbocycles. The van der Waals surface area contributed by atoms with E-state index < -0.39 is 0 Å². The highest BCUT2D eigenvalue weighted by Crippen LogP contribution is 2.38. The number of aromatic amines is 1. The van der Waals surface area contributed by atoms with Crippen molar-refractivity contribution in [2.24, 2.45) is 4.99 Å². The molecule has 3 aromatic rings. The molecule has 0 unspecified atom stereocenters. The van der Waals surface area contributed by atoms with Crippen LogP contribution in [0.15, 0.2) is 53.5 Å². The molecular formula is C36H47ClN2O3. The minimum atomic E-state index is -0.370.